The number of hydrogen-bond donors (Lipinski definition) is 2. The predicted molar refractivity (Wildman–Crippen MR) is 44.5 cm³/mol. The van der Waals surface area contributed by atoms with E-state index in [9.17, 15) is 0 Å². The largest absolute Gasteiger partial charge is 0.495 e. The third-order valence-electron chi connectivity index (χ3n) is 1.50. The normalized spacial score (nSPS) is 9.18. The van der Waals surface area contributed by atoms with Crippen molar-refractivity contribution in [2.45, 2.75) is 0 Å². The van der Waals surface area contributed by atoms with E-state index >= 15 is 0 Å². The molecule has 0 amide bonds. The van der Waals surface area contributed by atoms with E-state index in [4.69, 9.17) is 15.9 Å². The highest BCUT2D eigenvalue weighted by atomic mass is 16.5. The lowest BCUT2D eigenvalue weighted by Gasteiger charge is -2.03. The zero-order chi connectivity index (χ0) is 8.27. The van der Waals surface area contributed by atoms with Crippen molar-refractivity contribution < 1.29 is 10.1 Å². The first-order valence-corrected chi connectivity index (χ1v) is 3.27. The molecule has 0 atom stereocenters. The summed E-state index contributed by atoms with van der Waals surface area (Å²) in [6, 6.07) is 5.47. The van der Waals surface area contributed by atoms with Crippen LogP contribution < -0.4 is 15.9 Å². The van der Waals surface area contributed by atoms with Gasteiger partial charge in [-0.2, -0.15) is 0 Å². The van der Waals surface area contributed by atoms with Gasteiger partial charge in [-0.1, -0.05) is 6.07 Å². The standard InChI is InChI=1S/C8H10N2O/c1-11-7-4-2-3-6(5-9)8(7)10/h2-5,9H,10H2,1H3/p+1. The number of rotatable bonds is 2. The Bertz CT molecular complexity index is 271. The maximum Gasteiger partial charge on any atom is 0.169 e. The Kier molecular flexibility index (Phi) is 2.11. The van der Waals surface area contributed by atoms with Gasteiger partial charge in [-0.25, -0.2) is 0 Å². The molecule has 1 aromatic carbocycles. The van der Waals surface area contributed by atoms with E-state index in [1.54, 1.807) is 13.2 Å². The highest BCUT2D eigenvalue weighted by molar-refractivity contribution is 5.85. The monoisotopic (exact) mass is 151 g/mol. The van der Waals surface area contributed by atoms with E-state index in [0.29, 0.717) is 11.4 Å². The van der Waals surface area contributed by atoms with Crippen LogP contribution in [0.2, 0.25) is 0 Å². The molecule has 0 radical (unpaired) electrons. The molecule has 0 aliphatic heterocycles. The minimum atomic E-state index is 0.581. The predicted octanol–water partition coefficient (Wildman–Crippen LogP) is -0.545. The number of para-hydroxylation sites is 1. The average Bonchev–Trinajstić information content (AvgIpc) is 2.05. The van der Waals surface area contributed by atoms with E-state index in [2.05, 4.69) is 0 Å². The summed E-state index contributed by atoms with van der Waals surface area (Å²) in [4.78, 5) is 0. The first kappa shape index (κ1) is 7.60. The Balaban J connectivity index is 3.20. The molecule has 0 heterocycles. The smallest absolute Gasteiger partial charge is 0.169 e. The number of nitrogens with two attached hydrogens (primary N) is 2. The third kappa shape index (κ3) is 1.32. The number of anilines is 1. The van der Waals surface area contributed by atoms with Gasteiger partial charge in [0.2, 0.25) is 0 Å². The van der Waals surface area contributed by atoms with Crippen LogP contribution in [0.4, 0.5) is 5.69 Å². The fourth-order valence-corrected chi connectivity index (χ4v) is 0.884. The minimum absolute atomic E-state index is 0.581. The summed E-state index contributed by atoms with van der Waals surface area (Å²) in [6.07, 6.45) is 1.46. The lowest BCUT2D eigenvalue weighted by atomic mass is 10.2. The van der Waals surface area contributed by atoms with Crippen LogP contribution in [0, 0.1) is 0 Å². The molecule has 58 valence electrons. The molecule has 3 heteroatoms. The molecule has 3 nitrogen and oxygen atoms in total. The number of ether oxygens (including phenoxy) is 1. The Morgan fingerprint density at radius 3 is 2.82 bits per heavy atom. The van der Waals surface area contributed by atoms with Crippen molar-refractivity contribution in [2.75, 3.05) is 12.8 Å². The minimum Gasteiger partial charge on any atom is -0.495 e. The number of hydrogen-bond acceptors (Lipinski definition) is 2. The van der Waals surface area contributed by atoms with E-state index in [1.165, 1.54) is 6.21 Å². The van der Waals surface area contributed by atoms with Crippen molar-refractivity contribution in [3.05, 3.63) is 23.8 Å². The maximum absolute atomic E-state index is 5.67. The Hall–Kier alpha value is -1.51. The molecule has 0 fully saturated rings. The first-order valence-electron chi connectivity index (χ1n) is 3.27. The highest BCUT2D eigenvalue weighted by Crippen LogP contribution is 2.22. The molecule has 0 saturated carbocycles. The number of methoxy groups -OCH3 is 1. The topological polar surface area (TPSA) is 60.8 Å². The van der Waals surface area contributed by atoms with Gasteiger partial charge in [-0.05, 0) is 12.1 Å². The molecular formula is C8H11N2O+. The molecule has 1 aromatic rings. The fourth-order valence-electron chi connectivity index (χ4n) is 0.884. The van der Waals surface area contributed by atoms with Gasteiger partial charge < -0.3 is 10.5 Å². The quantitative estimate of drug-likeness (QED) is 0.440. The first-order chi connectivity index (χ1) is 5.29. The van der Waals surface area contributed by atoms with Gasteiger partial charge in [-0.15, -0.1) is 0 Å². The molecule has 0 unspecified atom stereocenters. The Labute approximate surface area is 65.3 Å². The molecule has 1 rings (SSSR count). The Morgan fingerprint density at radius 1 is 1.55 bits per heavy atom. The summed E-state index contributed by atoms with van der Waals surface area (Å²) >= 11 is 0. The van der Waals surface area contributed by atoms with Crippen molar-refractivity contribution in [1.82, 2.24) is 0 Å². The van der Waals surface area contributed by atoms with Gasteiger partial charge >= 0.3 is 0 Å². The summed E-state index contributed by atoms with van der Waals surface area (Å²) in [5.41, 5.74) is 7.04. The van der Waals surface area contributed by atoms with Crippen molar-refractivity contribution >= 4 is 11.9 Å². The molecule has 0 aliphatic carbocycles. The van der Waals surface area contributed by atoms with E-state index < -0.39 is 0 Å². The summed E-state index contributed by atoms with van der Waals surface area (Å²) in [6.45, 7) is 0. The van der Waals surface area contributed by atoms with Gasteiger partial charge in [0.05, 0.1) is 18.4 Å². The van der Waals surface area contributed by atoms with Crippen LogP contribution in [0.1, 0.15) is 5.56 Å². The summed E-state index contributed by atoms with van der Waals surface area (Å²) < 4.78 is 4.99. The molecule has 4 N–H and O–H groups in total. The van der Waals surface area contributed by atoms with Crippen LogP contribution in [0.15, 0.2) is 18.2 Å². The van der Waals surface area contributed by atoms with E-state index in [1.807, 2.05) is 12.1 Å². The summed E-state index contributed by atoms with van der Waals surface area (Å²) in [5, 5.41) is 5.31. The van der Waals surface area contributed by atoms with Gasteiger partial charge in [0.25, 0.3) is 0 Å². The summed E-state index contributed by atoms with van der Waals surface area (Å²) in [7, 11) is 1.58. The maximum atomic E-state index is 5.67. The van der Waals surface area contributed by atoms with Crippen LogP contribution >= 0.6 is 0 Å². The average molecular weight is 151 g/mol. The molecule has 0 spiro atoms. The van der Waals surface area contributed by atoms with Crippen LogP contribution in [-0.4, -0.2) is 13.3 Å². The van der Waals surface area contributed by atoms with Gasteiger partial charge in [-0.3, -0.25) is 5.41 Å². The molecule has 11 heavy (non-hydrogen) atoms. The van der Waals surface area contributed by atoms with Crippen molar-refractivity contribution in [3.63, 3.8) is 0 Å². The Morgan fingerprint density at radius 2 is 2.27 bits per heavy atom. The number of benzene rings is 1. The zero-order valence-electron chi connectivity index (χ0n) is 6.37. The van der Waals surface area contributed by atoms with Crippen LogP contribution in [0.25, 0.3) is 0 Å². The molecule has 0 aliphatic rings. The third-order valence-corrected chi connectivity index (χ3v) is 1.50. The molecular weight excluding hydrogens is 140 g/mol. The molecule has 0 aromatic heterocycles. The van der Waals surface area contributed by atoms with Gasteiger partial charge in [0, 0.05) is 0 Å². The van der Waals surface area contributed by atoms with Gasteiger partial charge in [0.15, 0.2) is 6.21 Å². The van der Waals surface area contributed by atoms with Crippen molar-refractivity contribution in [2.24, 2.45) is 0 Å². The lowest BCUT2D eigenvalue weighted by molar-refractivity contribution is -0.104. The van der Waals surface area contributed by atoms with E-state index in [-0.39, 0.29) is 0 Å². The van der Waals surface area contributed by atoms with Crippen LogP contribution in [-0.2, 0) is 0 Å². The lowest BCUT2D eigenvalue weighted by Crippen LogP contribution is -2.30. The summed E-state index contributed by atoms with van der Waals surface area (Å²) in [5.74, 6) is 0.657. The highest BCUT2D eigenvalue weighted by Gasteiger charge is 2.02. The van der Waals surface area contributed by atoms with Crippen LogP contribution in [0.3, 0.4) is 0 Å². The van der Waals surface area contributed by atoms with E-state index in [0.717, 1.165) is 5.56 Å². The number of nitrogen functional groups attached to an aromatic ring is 1. The fraction of sp³-hybridized carbons (Fsp3) is 0.125. The van der Waals surface area contributed by atoms with Gasteiger partial charge in [0.1, 0.15) is 5.75 Å². The van der Waals surface area contributed by atoms with Crippen LogP contribution in [0.5, 0.6) is 5.75 Å². The second-order valence-corrected chi connectivity index (χ2v) is 2.13. The SMILES string of the molecule is COc1cccc(C=[NH2+])c1N. The molecule has 0 bridgehead atoms. The van der Waals surface area contributed by atoms with Crippen molar-refractivity contribution in [1.29, 1.82) is 0 Å². The van der Waals surface area contributed by atoms with Crippen molar-refractivity contribution in [3.8, 4) is 5.75 Å². The molecule has 0 saturated heterocycles. The zero-order valence-corrected chi connectivity index (χ0v) is 6.37. The second kappa shape index (κ2) is 3.05. The second-order valence-electron chi connectivity index (χ2n) is 2.13.